The predicted octanol–water partition coefficient (Wildman–Crippen LogP) is 1.21. The highest BCUT2D eigenvalue weighted by molar-refractivity contribution is 6.23. The molecule has 0 spiro atoms. The maximum atomic E-state index is 11.8. The van der Waals surface area contributed by atoms with Gasteiger partial charge in [-0.05, 0) is 56.0 Å². The van der Waals surface area contributed by atoms with Crippen molar-refractivity contribution in [1.82, 2.24) is 4.81 Å². The van der Waals surface area contributed by atoms with Crippen LogP contribution in [0.5, 0.6) is 5.75 Å². The Hall–Kier alpha value is -1.53. The summed E-state index contributed by atoms with van der Waals surface area (Å²) in [7, 11) is 4.28. The Balaban J connectivity index is 1.69. The lowest BCUT2D eigenvalue weighted by Gasteiger charge is -2.32. The zero-order valence-electron chi connectivity index (χ0n) is 13.4. The second kappa shape index (κ2) is 6.71. The number of rotatable bonds is 4. The summed E-state index contributed by atoms with van der Waals surface area (Å²) in [6.07, 6.45) is 3.51. The largest absolute Gasteiger partial charge is 0.482 e. The van der Waals surface area contributed by atoms with Crippen molar-refractivity contribution < 1.29 is 14.2 Å². The number of likely N-dealkylation sites (N-methyl/N-ethyl adjacent to an activating group) is 1. The standard InChI is InChI=1S/C16H23BN2O3/c1-18-14-9-12(5-6-15(14)22-11-16(18)20)8-13-4-3-7-19(10-13)17-21-2/h5-6,9,13,17H,3-4,7-8,10-11H2,1-2H3. The molecule has 22 heavy (non-hydrogen) atoms. The molecule has 2 aliphatic rings. The van der Waals surface area contributed by atoms with E-state index in [1.165, 1.54) is 18.4 Å². The molecule has 118 valence electrons. The lowest BCUT2D eigenvalue weighted by molar-refractivity contribution is -0.120. The Morgan fingerprint density at radius 1 is 1.45 bits per heavy atom. The highest BCUT2D eigenvalue weighted by atomic mass is 16.5. The molecule has 1 aromatic rings. The fourth-order valence-electron chi connectivity index (χ4n) is 3.40. The van der Waals surface area contributed by atoms with Crippen LogP contribution in [0.25, 0.3) is 0 Å². The molecular formula is C16H23BN2O3. The van der Waals surface area contributed by atoms with Crippen molar-refractivity contribution in [3.05, 3.63) is 23.8 Å². The van der Waals surface area contributed by atoms with Crippen molar-refractivity contribution >= 4 is 19.2 Å². The number of ether oxygens (including phenoxy) is 1. The minimum atomic E-state index is 0.00795. The number of hydrogen-bond donors (Lipinski definition) is 0. The van der Waals surface area contributed by atoms with Crippen LogP contribution in [0.15, 0.2) is 18.2 Å². The topological polar surface area (TPSA) is 42.0 Å². The van der Waals surface area contributed by atoms with E-state index in [-0.39, 0.29) is 12.5 Å². The van der Waals surface area contributed by atoms with Crippen LogP contribution in [-0.2, 0) is 15.9 Å². The Labute approximate surface area is 132 Å². The van der Waals surface area contributed by atoms with Gasteiger partial charge in [-0.25, -0.2) is 0 Å². The van der Waals surface area contributed by atoms with Crippen molar-refractivity contribution in [3.63, 3.8) is 0 Å². The number of fused-ring (bicyclic) bond motifs is 1. The van der Waals surface area contributed by atoms with Gasteiger partial charge >= 0.3 is 7.62 Å². The smallest absolute Gasteiger partial charge is 0.363 e. The average Bonchev–Trinajstić information content (AvgIpc) is 2.52. The minimum Gasteiger partial charge on any atom is -0.482 e. The van der Waals surface area contributed by atoms with E-state index in [0.717, 1.165) is 30.9 Å². The van der Waals surface area contributed by atoms with E-state index < -0.39 is 0 Å². The highest BCUT2D eigenvalue weighted by Crippen LogP contribution is 2.33. The van der Waals surface area contributed by atoms with Gasteiger partial charge in [0.2, 0.25) is 0 Å². The fraction of sp³-hybridized carbons (Fsp3) is 0.562. The number of hydrogen-bond acceptors (Lipinski definition) is 4. The Kier molecular flexibility index (Phi) is 4.69. The summed E-state index contributed by atoms with van der Waals surface area (Å²) in [5.41, 5.74) is 2.16. The molecule has 3 rings (SSSR count). The van der Waals surface area contributed by atoms with Gasteiger partial charge in [-0.2, -0.15) is 0 Å². The van der Waals surface area contributed by atoms with Crippen molar-refractivity contribution in [1.29, 1.82) is 0 Å². The van der Waals surface area contributed by atoms with Gasteiger partial charge in [-0.15, -0.1) is 0 Å². The first-order valence-corrected chi connectivity index (χ1v) is 7.91. The molecule has 0 N–H and O–H groups in total. The highest BCUT2D eigenvalue weighted by Gasteiger charge is 2.24. The minimum absolute atomic E-state index is 0.00795. The molecule has 0 aromatic heterocycles. The first-order valence-electron chi connectivity index (χ1n) is 7.91. The molecule has 1 unspecified atom stereocenters. The van der Waals surface area contributed by atoms with Crippen molar-refractivity contribution in [2.24, 2.45) is 5.92 Å². The third-order valence-electron chi connectivity index (χ3n) is 4.55. The molecule has 0 aliphatic carbocycles. The maximum absolute atomic E-state index is 11.8. The second-order valence-electron chi connectivity index (χ2n) is 6.25. The van der Waals surface area contributed by atoms with Crippen LogP contribution in [0.2, 0.25) is 0 Å². The molecule has 2 aliphatic heterocycles. The predicted molar refractivity (Wildman–Crippen MR) is 87.5 cm³/mol. The van der Waals surface area contributed by atoms with Gasteiger partial charge in [0, 0.05) is 14.2 Å². The van der Waals surface area contributed by atoms with E-state index in [9.17, 15) is 4.79 Å². The molecular weight excluding hydrogens is 279 g/mol. The third kappa shape index (κ3) is 3.28. The van der Waals surface area contributed by atoms with Crippen LogP contribution in [-0.4, -0.2) is 52.2 Å². The Bertz CT molecular complexity index is 550. The molecule has 1 amide bonds. The van der Waals surface area contributed by atoms with Crippen LogP contribution in [0.1, 0.15) is 18.4 Å². The SMILES string of the molecule is COBN1CCCC(Cc2ccc3c(c2)N(C)C(=O)CO3)C1. The molecule has 1 fully saturated rings. The van der Waals surface area contributed by atoms with Gasteiger partial charge < -0.3 is 19.1 Å². The number of anilines is 1. The van der Waals surface area contributed by atoms with E-state index in [1.54, 1.807) is 12.0 Å². The summed E-state index contributed by atoms with van der Waals surface area (Å²) in [6.45, 7) is 2.34. The molecule has 2 heterocycles. The number of carbonyl (C=O) groups is 1. The summed E-state index contributed by atoms with van der Waals surface area (Å²) in [6, 6.07) is 6.21. The zero-order chi connectivity index (χ0) is 15.5. The van der Waals surface area contributed by atoms with E-state index >= 15 is 0 Å². The van der Waals surface area contributed by atoms with Gasteiger partial charge in [-0.3, -0.25) is 4.79 Å². The lowest BCUT2D eigenvalue weighted by atomic mass is 9.89. The summed E-state index contributed by atoms with van der Waals surface area (Å²) in [5.74, 6) is 1.46. The summed E-state index contributed by atoms with van der Waals surface area (Å²) in [4.78, 5) is 15.8. The molecule has 6 heteroatoms. The van der Waals surface area contributed by atoms with E-state index in [0.29, 0.717) is 13.5 Å². The van der Waals surface area contributed by atoms with Crippen LogP contribution < -0.4 is 9.64 Å². The van der Waals surface area contributed by atoms with Gasteiger partial charge in [-0.1, -0.05) is 6.07 Å². The number of benzene rings is 1. The van der Waals surface area contributed by atoms with E-state index in [1.807, 2.05) is 13.1 Å². The van der Waals surface area contributed by atoms with Crippen molar-refractivity contribution in [3.8, 4) is 5.75 Å². The molecule has 0 bridgehead atoms. The molecule has 0 radical (unpaired) electrons. The Morgan fingerprint density at radius 3 is 3.14 bits per heavy atom. The first kappa shape index (κ1) is 15.4. The van der Waals surface area contributed by atoms with Gasteiger partial charge in [0.05, 0.1) is 5.69 Å². The zero-order valence-corrected chi connectivity index (χ0v) is 13.4. The van der Waals surface area contributed by atoms with Crippen molar-refractivity contribution in [2.45, 2.75) is 19.3 Å². The third-order valence-corrected chi connectivity index (χ3v) is 4.55. The van der Waals surface area contributed by atoms with Gasteiger partial charge in [0.1, 0.15) is 5.75 Å². The first-order chi connectivity index (χ1) is 10.7. The molecule has 1 atom stereocenters. The van der Waals surface area contributed by atoms with Crippen LogP contribution in [0.3, 0.4) is 0 Å². The normalized spacial score (nSPS) is 22.2. The number of nitrogens with zero attached hydrogens (tertiary/aromatic N) is 2. The van der Waals surface area contributed by atoms with Crippen LogP contribution in [0.4, 0.5) is 5.69 Å². The van der Waals surface area contributed by atoms with E-state index in [4.69, 9.17) is 9.39 Å². The monoisotopic (exact) mass is 302 g/mol. The second-order valence-corrected chi connectivity index (χ2v) is 6.25. The average molecular weight is 302 g/mol. The molecule has 1 saturated heterocycles. The van der Waals surface area contributed by atoms with Crippen LogP contribution >= 0.6 is 0 Å². The van der Waals surface area contributed by atoms with E-state index in [2.05, 4.69) is 16.9 Å². The quantitative estimate of drug-likeness (QED) is 0.784. The summed E-state index contributed by atoms with van der Waals surface area (Å²) < 4.78 is 10.7. The maximum Gasteiger partial charge on any atom is 0.363 e. The number of amides is 1. The Morgan fingerprint density at radius 2 is 2.32 bits per heavy atom. The van der Waals surface area contributed by atoms with Crippen LogP contribution in [0, 0.1) is 5.92 Å². The van der Waals surface area contributed by atoms with Crippen molar-refractivity contribution in [2.75, 3.05) is 38.8 Å². The molecule has 5 nitrogen and oxygen atoms in total. The fourth-order valence-corrected chi connectivity index (χ4v) is 3.40. The lowest BCUT2D eigenvalue weighted by Crippen LogP contribution is -2.39. The van der Waals surface area contributed by atoms with Gasteiger partial charge in [0.25, 0.3) is 5.91 Å². The molecule has 0 saturated carbocycles. The summed E-state index contributed by atoms with van der Waals surface area (Å²) >= 11 is 0. The molecule has 1 aromatic carbocycles. The van der Waals surface area contributed by atoms with Gasteiger partial charge in [0.15, 0.2) is 6.61 Å². The summed E-state index contributed by atoms with van der Waals surface area (Å²) in [5, 5.41) is 0. The number of carbonyl (C=O) groups excluding carboxylic acids is 1. The number of piperidine rings is 1.